The highest BCUT2D eigenvalue weighted by Crippen LogP contribution is 2.22. The van der Waals surface area contributed by atoms with Crippen LogP contribution in [0, 0.1) is 18.6 Å². The number of methoxy groups -OCH3 is 1. The van der Waals surface area contributed by atoms with Gasteiger partial charge < -0.3 is 4.74 Å². The van der Waals surface area contributed by atoms with Gasteiger partial charge in [0.15, 0.2) is 0 Å². The van der Waals surface area contributed by atoms with Crippen molar-refractivity contribution >= 4 is 21.7 Å². The molecule has 0 spiro atoms. The number of carbonyl (C=O) groups is 1. The first kappa shape index (κ1) is 16.9. The van der Waals surface area contributed by atoms with Crippen molar-refractivity contribution < 1.29 is 26.7 Å². The van der Waals surface area contributed by atoms with E-state index in [4.69, 9.17) is 0 Å². The lowest BCUT2D eigenvalue weighted by Gasteiger charge is -2.11. The lowest BCUT2D eigenvalue weighted by Crippen LogP contribution is -2.15. The van der Waals surface area contributed by atoms with Crippen molar-refractivity contribution in [2.24, 2.45) is 0 Å². The molecule has 0 aliphatic carbocycles. The number of sulfonamides is 1. The van der Waals surface area contributed by atoms with E-state index in [1.54, 1.807) is 6.92 Å². The number of ether oxygens (including phenoxy) is 1. The lowest BCUT2D eigenvalue weighted by atomic mass is 10.1. The van der Waals surface area contributed by atoms with Crippen molar-refractivity contribution in [1.29, 1.82) is 0 Å². The Morgan fingerprint density at radius 2 is 1.83 bits per heavy atom. The summed E-state index contributed by atoms with van der Waals surface area (Å²) in [5, 5.41) is 0. The van der Waals surface area contributed by atoms with Crippen LogP contribution in [0.2, 0.25) is 0 Å². The van der Waals surface area contributed by atoms with Crippen LogP contribution in [0.3, 0.4) is 0 Å². The van der Waals surface area contributed by atoms with Gasteiger partial charge in [-0.3, -0.25) is 4.72 Å². The Labute approximate surface area is 132 Å². The van der Waals surface area contributed by atoms with Crippen molar-refractivity contribution in [3.05, 3.63) is 59.2 Å². The van der Waals surface area contributed by atoms with Gasteiger partial charge in [0.2, 0.25) is 0 Å². The zero-order chi connectivity index (χ0) is 17.2. The highest BCUT2D eigenvalue weighted by molar-refractivity contribution is 7.92. The molecule has 0 fully saturated rings. The zero-order valence-corrected chi connectivity index (χ0v) is 13.1. The van der Waals surface area contributed by atoms with E-state index in [0.717, 1.165) is 18.2 Å². The predicted molar refractivity (Wildman–Crippen MR) is 79.7 cm³/mol. The molecule has 0 bridgehead atoms. The van der Waals surface area contributed by atoms with E-state index >= 15 is 0 Å². The van der Waals surface area contributed by atoms with Gasteiger partial charge in [0, 0.05) is 6.07 Å². The molecule has 0 amide bonds. The summed E-state index contributed by atoms with van der Waals surface area (Å²) in [6.07, 6.45) is 0. The molecule has 0 unspecified atom stereocenters. The molecule has 0 heterocycles. The molecule has 0 aliphatic rings. The number of nitrogens with one attached hydrogen (secondary N) is 1. The summed E-state index contributed by atoms with van der Waals surface area (Å²) >= 11 is 0. The summed E-state index contributed by atoms with van der Waals surface area (Å²) < 4.78 is 57.6. The minimum absolute atomic E-state index is 0.0787. The van der Waals surface area contributed by atoms with Crippen molar-refractivity contribution in [1.82, 2.24) is 0 Å². The lowest BCUT2D eigenvalue weighted by molar-refractivity contribution is 0.0599. The largest absolute Gasteiger partial charge is 0.465 e. The average molecular weight is 341 g/mol. The van der Waals surface area contributed by atoms with Gasteiger partial charge in [-0.05, 0) is 36.8 Å². The number of aryl methyl sites for hydroxylation is 1. The van der Waals surface area contributed by atoms with Gasteiger partial charge in [-0.25, -0.2) is 22.0 Å². The smallest absolute Gasteiger partial charge is 0.338 e. The van der Waals surface area contributed by atoms with Gasteiger partial charge in [-0.1, -0.05) is 6.07 Å². The summed E-state index contributed by atoms with van der Waals surface area (Å²) in [4.78, 5) is 11.4. The molecule has 0 saturated heterocycles. The van der Waals surface area contributed by atoms with Crippen molar-refractivity contribution in [2.45, 2.75) is 11.8 Å². The predicted octanol–water partition coefficient (Wildman–Crippen LogP) is 2.86. The second-order valence-electron chi connectivity index (χ2n) is 4.70. The minimum atomic E-state index is -4.15. The molecule has 0 aliphatic heterocycles. The standard InChI is InChI=1S/C15H13F2NO4S/c1-9-3-5-11(8-12(9)15(19)22-2)23(20,21)18-14-6-4-10(16)7-13(14)17/h3-8,18H,1-2H3. The molecule has 2 aromatic carbocycles. The Morgan fingerprint density at radius 3 is 2.43 bits per heavy atom. The first-order valence-electron chi connectivity index (χ1n) is 6.41. The maximum atomic E-state index is 13.6. The summed E-state index contributed by atoms with van der Waals surface area (Å²) in [6.45, 7) is 1.62. The van der Waals surface area contributed by atoms with Gasteiger partial charge >= 0.3 is 5.97 Å². The Balaban J connectivity index is 2.42. The van der Waals surface area contributed by atoms with E-state index in [9.17, 15) is 22.0 Å². The summed E-state index contributed by atoms with van der Waals surface area (Å²) in [7, 11) is -2.97. The highest BCUT2D eigenvalue weighted by atomic mass is 32.2. The fourth-order valence-corrected chi connectivity index (χ4v) is 2.97. The van der Waals surface area contributed by atoms with E-state index < -0.39 is 33.3 Å². The van der Waals surface area contributed by atoms with Crippen LogP contribution in [0.5, 0.6) is 0 Å². The Hall–Kier alpha value is -2.48. The second-order valence-corrected chi connectivity index (χ2v) is 6.38. The number of halogens is 2. The highest BCUT2D eigenvalue weighted by Gasteiger charge is 2.20. The molecular weight excluding hydrogens is 328 g/mol. The molecule has 0 atom stereocenters. The monoisotopic (exact) mass is 341 g/mol. The van der Waals surface area contributed by atoms with Crippen LogP contribution >= 0.6 is 0 Å². The fourth-order valence-electron chi connectivity index (χ4n) is 1.87. The number of rotatable bonds is 4. The summed E-state index contributed by atoms with van der Waals surface area (Å²) in [5.74, 6) is -2.56. The summed E-state index contributed by atoms with van der Waals surface area (Å²) in [6, 6.07) is 6.29. The Morgan fingerprint density at radius 1 is 1.13 bits per heavy atom. The number of anilines is 1. The Bertz CT molecular complexity index is 866. The van der Waals surface area contributed by atoms with Gasteiger partial charge in [0.05, 0.1) is 23.3 Å². The van der Waals surface area contributed by atoms with E-state index in [2.05, 4.69) is 4.74 Å². The third kappa shape index (κ3) is 3.65. The van der Waals surface area contributed by atoms with Crippen LogP contribution < -0.4 is 4.72 Å². The number of benzene rings is 2. The molecule has 0 aromatic heterocycles. The molecule has 0 radical (unpaired) electrons. The maximum absolute atomic E-state index is 13.6. The minimum Gasteiger partial charge on any atom is -0.465 e. The molecule has 2 rings (SSSR count). The van der Waals surface area contributed by atoms with Crippen LogP contribution in [-0.2, 0) is 14.8 Å². The van der Waals surface area contributed by atoms with Crippen LogP contribution in [0.15, 0.2) is 41.3 Å². The average Bonchev–Trinajstić information content (AvgIpc) is 2.49. The molecule has 8 heteroatoms. The molecule has 2 aromatic rings. The van der Waals surface area contributed by atoms with E-state index in [0.29, 0.717) is 11.6 Å². The second kappa shape index (κ2) is 6.33. The van der Waals surface area contributed by atoms with Crippen LogP contribution in [-0.4, -0.2) is 21.5 Å². The number of esters is 1. The number of carbonyl (C=O) groups excluding carboxylic acids is 1. The molecule has 1 N–H and O–H groups in total. The quantitative estimate of drug-likeness (QED) is 0.868. The number of hydrogen-bond acceptors (Lipinski definition) is 4. The molecule has 122 valence electrons. The third-order valence-corrected chi connectivity index (χ3v) is 4.46. The van der Waals surface area contributed by atoms with Crippen molar-refractivity contribution in [3.8, 4) is 0 Å². The van der Waals surface area contributed by atoms with Crippen molar-refractivity contribution in [3.63, 3.8) is 0 Å². The zero-order valence-electron chi connectivity index (χ0n) is 12.3. The van der Waals surface area contributed by atoms with Gasteiger partial charge in [-0.2, -0.15) is 0 Å². The van der Waals surface area contributed by atoms with Crippen LogP contribution in [0.1, 0.15) is 15.9 Å². The molecular formula is C15H13F2NO4S. The van der Waals surface area contributed by atoms with E-state index in [-0.39, 0.29) is 10.5 Å². The van der Waals surface area contributed by atoms with Gasteiger partial charge in [0.1, 0.15) is 11.6 Å². The molecule has 5 nitrogen and oxygen atoms in total. The first-order chi connectivity index (χ1) is 10.7. The maximum Gasteiger partial charge on any atom is 0.338 e. The molecule has 23 heavy (non-hydrogen) atoms. The van der Waals surface area contributed by atoms with Gasteiger partial charge in [0.25, 0.3) is 10.0 Å². The van der Waals surface area contributed by atoms with Gasteiger partial charge in [-0.15, -0.1) is 0 Å². The third-order valence-electron chi connectivity index (χ3n) is 3.10. The topological polar surface area (TPSA) is 72.5 Å². The van der Waals surface area contributed by atoms with Crippen LogP contribution in [0.4, 0.5) is 14.5 Å². The first-order valence-corrected chi connectivity index (χ1v) is 7.90. The fraction of sp³-hybridized carbons (Fsp3) is 0.133. The summed E-state index contributed by atoms with van der Waals surface area (Å²) in [5.41, 5.74) is 0.213. The SMILES string of the molecule is COC(=O)c1cc(S(=O)(=O)Nc2ccc(F)cc2F)ccc1C. The Kier molecular flexibility index (Phi) is 4.65. The van der Waals surface area contributed by atoms with E-state index in [1.165, 1.54) is 19.2 Å². The van der Waals surface area contributed by atoms with Crippen molar-refractivity contribution in [2.75, 3.05) is 11.8 Å². The van der Waals surface area contributed by atoms with Crippen LogP contribution in [0.25, 0.3) is 0 Å². The van der Waals surface area contributed by atoms with E-state index in [1.807, 2.05) is 4.72 Å². The molecule has 0 saturated carbocycles. The normalized spacial score (nSPS) is 11.1. The number of hydrogen-bond donors (Lipinski definition) is 1.